The molecule has 0 atom stereocenters. The third-order valence-electron chi connectivity index (χ3n) is 3.71. The van der Waals surface area contributed by atoms with Crippen molar-refractivity contribution in [2.24, 2.45) is 0 Å². The van der Waals surface area contributed by atoms with E-state index in [0.29, 0.717) is 18.2 Å². The standard InChI is InChI=1S/C13H16ClN5O2/c1-16-8-11(19(20)21)13-17(4-5-18(13)9-16)7-10-2-3-12(14)15-6-10/h2-3,6H,4-5,7-9H2,1H3. The molecule has 112 valence electrons. The highest BCUT2D eigenvalue weighted by atomic mass is 35.5. The van der Waals surface area contributed by atoms with Gasteiger partial charge in [-0.05, 0) is 18.7 Å². The van der Waals surface area contributed by atoms with Gasteiger partial charge in [-0.1, -0.05) is 17.7 Å². The molecule has 0 N–H and O–H groups in total. The highest BCUT2D eigenvalue weighted by molar-refractivity contribution is 6.29. The zero-order valence-electron chi connectivity index (χ0n) is 11.7. The molecule has 3 heterocycles. The van der Waals surface area contributed by atoms with Crippen LogP contribution in [-0.4, -0.2) is 58.0 Å². The van der Waals surface area contributed by atoms with Crippen LogP contribution in [0.5, 0.6) is 0 Å². The Morgan fingerprint density at radius 2 is 2.24 bits per heavy atom. The molecule has 0 amide bonds. The number of likely N-dealkylation sites (N-methyl/N-ethyl adjacent to an activating group) is 1. The first-order valence-electron chi connectivity index (χ1n) is 6.71. The largest absolute Gasteiger partial charge is 0.347 e. The van der Waals surface area contributed by atoms with Crippen molar-refractivity contribution >= 4 is 11.6 Å². The maximum absolute atomic E-state index is 11.3. The molecule has 0 aromatic carbocycles. The highest BCUT2D eigenvalue weighted by Gasteiger charge is 2.38. The quantitative estimate of drug-likeness (QED) is 0.475. The summed E-state index contributed by atoms with van der Waals surface area (Å²) in [6.45, 7) is 3.29. The van der Waals surface area contributed by atoms with E-state index in [4.69, 9.17) is 11.6 Å². The van der Waals surface area contributed by atoms with Gasteiger partial charge in [0.25, 0.3) is 5.70 Å². The Morgan fingerprint density at radius 3 is 2.90 bits per heavy atom. The molecule has 2 aliphatic heterocycles. The molecule has 0 unspecified atom stereocenters. The Bertz CT molecular complexity index is 589. The van der Waals surface area contributed by atoms with Crippen LogP contribution in [0.1, 0.15) is 5.56 Å². The lowest BCUT2D eigenvalue weighted by Crippen LogP contribution is -2.43. The van der Waals surface area contributed by atoms with Gasteiger partial charge in [0.05, 0.1) is 18.1 Å². The van der Waals surface area contributed by atoms with Crippen LogP contribution in [0.3, 0.4) is 0 Å². The Hall–Kier alpha value is -1.86. The molecule has 0 aliphatic carbocycles. The summed E-state index contributed by atoms with van der Waals surface area (Å²) >= 11 is 5.78. The molecule has 1 fully saturated rings. The third kappa shape index (κ3) is 2.79. The summed E-state index contributed by atoms with van der Waals surface area (Å²) < 4.78 is 0. The van der Waals surface area contributed by atoms with E-state index in [1.807, 2.05) is 18.0 Å². The van der Waals surface area contributed by atoms with E-state index in [9.17, 15) is 10.1 Å². The van der Waals surface area contributed by atoms with Crippen molar-refractivity contribution in [2.75, 3.05) is 33.4 Å². The molecular weight excluding hydrogens is 294 g/mol. The Labute approximate surface area is 127 Å². The van der Waals surface area contributed by atoms with Crippen molar-refractivity contribution in [3.8, 4) is 0 Å². The number of aromatic nitrogens is 1. The van der Waals surface area contributed by atoms with Gasteiger partial charge in [-0.25, -0.2) is 4.98 Å². The van der Waals surface area contributed by atoms with Crippen LogP contribution in [0.15, 0.2) is 29.8 Å². The van der Waals surface area contributed by atoms with Gasteiger partial charge in [0.15, 0.2) is 5.82 Å². The number of hydrogen-bond acceptors (Lipinski definition) is 6. The number of hydrogen-bond donors (Lipinski definition) is 0. The Morgan fingerprint density at radius 1 is 1.43 bits per heavy atom. The van der Waals surface area contributed by atoms with Crippen molar-refractivity contribution in [2.45, 2.75) is 6.54 Å². The van der Waals surface area contributed by atoms with Crippen molar-refractivity contribution in [3.63, 3.8) is 0 Å². The van der Waals surface area contributed by atoms with Crippen LogP contribution in [-0.2, 0) is 6.54 Å². The number of rotatable bonds is 3. The number of fused-ring (bicyclic) bond motifs is 1. The SMILES string of the molecule is CN1CC([N+](=O)[O-])=C2N(Cc3ccc(Cl)nc3)CCN2C1. The number of nitrogens with zero attached hydrogens (tertiary/aromatic N) is 5. The average Bonchev–Trinajstić information content (AvgIpc) is 2.83. The summed E-state index contributed by atoms with van der Waals surface area (Å²) in [7, 11) is 1.89. The molecule has 21 heavy (non-hydrogen) atoms. The van der Waals surface area contributed by atoms with E-state index in [0.717, 1.165) is 31.1 Å². The minimum absolute atomic E-state index is 0.267. The molecule has 7 nitrogen and oxygen atoms in total. The highest BCUT2D eigenvalue weighted by Crippen LogP contribution is 2.28. The van der Waals surface area contributed by atoms with Crippen LogP contribution in [0.4, 0.5) is 0 Å². The molecule has 1 saturated heterocycles. The second-order valence-electron chi connectivity index (χ2n) is 5.36. The topological polar surface area (TPSA) is 65.8 Å². The zero-order valence-corrected chi connectivity index (χ0v) is 12.5. The second-order valence-corrected chi connectivity index (χ2v) is 5.74. The van der Waals surface area contributed by atoms with Crippen molar-refractivity contribution < 1.29 is 4.92 Å². The lowest BCUT2D eigenvalue weighted by atomic mass is 10.2. The average molecular weight is 310 g/mol. The van der Waals surface area contributed by atoms with Crippen LogP contribution < -0.4 is 0 Å². The summed E-state index contributed by atoms with van der Waals surface area (Å²) in [5.74, 6) is 0.744. The summed E-state index contributed by atoms with van der Waals surface area (Å²) in [4.78, 5) is 21.2. The monoisotopic (exact) mass is 309 g/mol. The molecule has 0 spiro atoms. The second kappa shape index (κ2) is 5.50. The van der Waals surface area contributed by atoms with Gasteiger partial charge in [0.2, 0.25) is 0 Å². The zero-order chi connectivity index (χ0) is 15.0. The van der Waals surface area contributed by atoms with Crippen molar-refractivity contribution in [1.29, 1.82) is 0 Å². The molecule has 1 aromatic rings. The normalized spacial score (nSPS) is 19.1. The number of pyridine rings is 1. The van der Waals surface area contributed by atoms with E-state index < -0.39 is 0 Å². The van der Waals surface area contributed by atoms with E-state index >= 15 is 0 Å². The van der Waals surface area contributed by atoms with Crippen molar-refractivity contribution in [1.82, 2.24) is 19.7 Å². The van der Waals surface area contributed by atoms with Gasteiger partial charge in [-0.3, -0.25) is 15.0 Å². The van der Waals surface area contributed by atoms with Crippen LogP contribution in [0, 0.1) is 10.1 Å². The van der Waals surface area contributed by atoms with Gasteiger partial charge in [0.1, 0.15) is 5.15 Å². The van der Waals surface area contributed by atoms with E-state index in [1.54, 1.807) is 12.3 Å². The van der Waals surface area contributed by atoms with E-state index in [-0.39, 0.29) is 10.6 Å². The van der Waals surface area contributed by atoms with Crippen molar-refractivity contribution in [3.05, 3.63) is 50.7 Å². The van der Waals surface area contributed by atoms with Gasteiger partial charge >= 0.3 is 0 Å². The maximum Gasteiger partial charge on any atom is 0.300 e. The summed E-state index contributed by atoms with van der Waals surface area (Å²) in [5.41, 5.74) is 1.26. The molecule has 0 radical (unpaired) electrons. The third-order valence-corrected chi connectivity index (χ3v) is 3.93. The van der Waals surface area contributed by atoms with Crippen LogP contribution >= 0.6 is 11.6 Å². The molecule has 3 rings (SSSR count). The van der Waals surface area contributed by atoms with Crippen LogP contribution in [0.2, 0.25) is 5.15 Å². The molecule has 1 aromatic heterocycles. The fraction of sp³-hybridized carbons (Fsp3) is 0.462. The van der Waals surface area contributed by atoms with Gasteiger partial charge in [0, 0.05) is 25.8 Å². The summed E-state index contributed by atoms with van der Waals surface area (Å²) in [6, 6.07) is 3.64. The van der Waals surface area contributed by atoms with E-state index in [1.165, 1.54) is 0 Å². The molecule has 8 heteroatoms. The first-order chi connectivity index (χ1) is 10.0. The molecule has 0 bridgehead atoms. The predicted octanol–water partition coefficient (Wildman–Crippen LogP) is 1.20. The summed E-state index contributed by atoms with van der Waals surface area (Å²) in [5, 5.41) is 11.8. The Balaban J connectivity index is 1.87. The lowest BCUT2D eigenvalue weighted by Gasteiger charge is -2.32. The number of halogens is 1. The fourth-order valence-electron chi connectivity index (χ4n) is 2.84. The fourth-order valence-corrected chi connectivity index (χ4v) is 2.95. The number of nitro groups is 1. The Kier molecular flexibility index (Phi) is 3.69. The van der Waals surface area contributed by atoms with Gasteiger partial charge in [-0.15, -0.1) is 0 Å². The molecular formula is C13H16ClN5O2. The molecule has 0 saturated carbocycles. The lowest BCUT2D eigenvalue weighted by molar-refractivity contribution is -0.433. The van der Waals surface area contributed by atoms with Gasteiger partial charge in [-0.2, -0.15) is 0 Å². The van der Waals surface area contributed by atoms with E-state index in [2.05, 4.69) is 14.8 Å². The first-order valence-corrected chi connectivity index (χ1v) is 7.09. The maximum atomic E-state index is 11.3. The summed E-state index contributed by atoms with van der Waals surface area (Å²) in [6.07, 6.45) is 1.71. The predicted molar refractivity (Wildman–Crippen MR) is 77.9 cm³/mol. The smallest absolute Gasteiger partial charge is 0.300 e. The first kappa shape index (κ1) is 14.1. The minimum Gasteiger partial charge on any atom is -0.347 e. The minimum atomic E-state index is -0.267. The van der Waals surface area contributed by atoms with Crippen LogP contribution in [0.25, 0.3) is 0 Å². The molecule has 2 aliphatic rings. The van der Waals surface area contributed by atoms with Gasteiger partial charge < -0.3 is 9.80 Å².